The molecule has 10 heteroatoms. The van der Waals surface area contributed by atoms with Gasteiger partial charge in [0.25, 0.3) is 5.91 Å². The van der Waals surface area contributed by atoms with Gasteiger partial charge < -0.3 is 10.1 Å². The van der Waals surface area contributed by atoms with Gasteiger partial charge in [0.05, 0.1) is 17.4 Å². The summed E-state index contributed by atoms with van der Waals surface area (Å²) in [5.41, 5.74) is 2.48. The van der Waals surface area contributed by atoms with E-state index < -0.39 is 12.3 Å². The van der Waals surface area contributed by atoms with Crippen LogP contribution in [-0.4, -0.2) is 32.4 Å². The van der Waals surface area contributed by atoms with Crippen LogP contribution in [0.2, 0.25) is 0 Å². The zero-order chi connectivity index (χ0) is 20.4. The number of aromatic amines is 1. The van der Waals surface area contributed by atoms with Crippen LogP contribution < -0.4 is 10.1 Å². The van der Waals surface area contributed by atoms with Gasteiger partial charge in [-0.15, -0.1) is 13.2 Å². The first kappa shape index (κ1) is 18.4. The van der Waals surface area contributed by atoms with Crippen LogP contribution in [0, 0.1) is 0 Å². The van der Waals surface area contributed by atoms with Gasteiger partial charge in [0.15, 0.2) is 0 Å². The summed E-state index contributed by atoms with van der Waals surface area (Å²) in [6, 6.07) is 12.0. The van der Waals surface area contributed by atoms with Gasteiger partial charge in [0.2, 0.25) is 5.82 Å². The molecule has 0 aliphatic rings. The molecule has 0 bridgehead atoms. The zero-order valence-electron chi connectivity index (χ0n) is 14.6. The molecule has 7 nitrogen and oxygen atoms in total. The van der Waals surface area contributed by atoms with E-state index in [1.54, 1.807) is 12.3 Å². The molecular weight excluding hydrogens is 387 g/mol. The quantitative estimate of drug-likeness (QED) is 0.537. The topological polar surface area (TPSA) is 92.8 Å². The smallest absolute Gasteiger partial charge is 0.406 e. The predicted octanol–water partition coefficient (Wildman–Crippen LogP) is 4.17. The number of aromatic nitrogens is 4. The molecule has 2 aromatic heterocycles. The molecular formula is C19H12F3N5O2. The number of fused-ring (bicyclic) bond motifs is 1. The van der Waals surface area contributed by atoms with E-state index >= 15 is 0 Å². The Labute approximate surface area is 161 Å². The summed E-state index contributed by atoms with van der Waals surface area (Å²) in [5, 5.41) is 10.2. The fraction of sp³-hybridized carbons (Fsp3) is 0.0526. The van der Waals surface area contributed by atoms with E-state index in [1.807, 2.05) is 18.2 Å². The van der Waals surface area contributed by atoms with E-state index in [-0.39, 0.29) is 17.3 Å². The van der Waals surface area contributed by atoms with Gasteiger partial charge in [-0.2, -0.15) is 5.10 Å². The summed E-state index contributed by atoms with van der Waals surface area (Å²) >= 11 is 0. The molecule has 1 amide bonds. The number of carbonyl (C=O) groups is 1. The highest BCUT2D eigenvalue weighted by Gasteiger charge is 2.31. The number of H-pyrrole nitrogens is 1. The van der Waals surface area contributed by atoms with Gasteiger partial charge in [0, 0.05) is 22.8 Å². The molecule has 2 heterocycles. The Kier molecular flexibility index (Phi) is 4.59. The monoisotopic (exact) mass is 399 g/mol. The maximum Gasteiger partial charge on any atom is 0.573 e. The van der Waals surface area contributed by atoms with Crippen molar-refractivity contribution in [1.82, 2.24) is 20.2 Å². The number of hydrogen-bond acceptors (Lipinski definition) is 5. The molecule has 4 rings (SSSR count). The van der Waals surface area contributed by atoms with Gasteiger partial charge in [0.1, 0.15) is 5.75 Å². The van der Waals surface area contributed by atoms with Crippen LogP contribution in [0.3, 0.4) is 0 Å². The van der Waals surface area contributed by atoms with Crippen molar-refractivity contribution < 1.29 is 22.7 Å². The summed E-state index contributed by atoms with van der Waals surface area (Å²) in [6.45, 7) is 0. The second-order valence-electron chi connectivity index (χ2n) is 5.96. The SMILES string of the molecule is O=C(Nc1ccc(OC(F)(F)F)cc1)c1nccc(-c2ccc3[nH]ncc3c2)n1. The minimum Gasteiger partial charge on any atom is -0.406 e. The normalized spacial score (nSPS) is 11.4. The van der Waals surface area contributed by atoms with Crippen LogP contribution in [0.25, 0.3) is 22.2 Å². The summed E-state index contributed by atoms with van der Waals surface area (Å²) in [4.78, 5) is 20.7. The van der Waals surface area contributed by atoms with E-state index in [4.69, 9.17) is 0 Å². The number of anilines is 1. The van der Waals surface area contributed by atoms with E-state index in [2.05, 4.69) is 30.2 Å². The largest absolute Gasteiger partial charge is 0.573 e. The lowest BCUT2D eigenvalue weighted by atomic mass is 10.1. The van der Waals surface area contributed by atoms with Crippen molar-refractivity contribution in [1.29, 1.82) is 0 Å². The number of ether oxygens (including phenoxy) is 1. The van der Waals surface area contributed by atoms with Crippen LogP contribution in [0.15, 0.2) is 60.9 Å². The first-order valence-electron chi connectivity index (χ1n) is 8.31. The first-order chi connectivity index (χ1) is 13.9. The van der Waals surface area contributed by atoms with Crippen LogP contribution >= 0.6 is 0 Å². The lowest BCUT2D eigenvalue weighted by molar-refractivity contribution is -0.274. The maximum atomic E-state index is 12.4. The second-order valence-corrected chi connectivity index (χ2v) is 5.96. The number of nitrogens with one attached hydrogen (secondary N) is 2. The van der Waals surface area contributed by atoms with Crippen LogP contribution in [0.1, 0.15) is 10.6 Å². The molecule has 146 valence electrons. The third-order valence-corrected chi connectivity index (χ3v) is 3.94. The van der Waals surface area contributed by atoms with Gasteiger partial charge in [-0.1, -0.05) is 6.07 Å². The van der Waals surface area contributed by atoms with Crippen LogP contribution in [0.4, 0.5) is 18.9 Å². The zero-order valence-corrected chi connectivity index (χ0v) is 14.6. The molecule has 2 N–H and O–H groups in total. The Morgan fingerprint density at radius 3 is 2.62 bits per heavy atom. The Balaban J connectivity index is 1.51. The Morgan fingerprint density at radius 1 is 1.07 bits per heavy atom. The third kappa shape index (κ3) is 4.32. The van der Waals surface area contributed by atoms with Crippen molar-refractivity contribution in [2.75, 3.05) is 5.32 Å². The van der Waals surface area contributed by atoms with Gasteiger partial charge in [-0.05, 0) is 42.5 Å². The Hall–Kier alpha value is -3.95. The fourth-order valence-electron chi connectivity index (χ4n) is 2.66. The summed E-state index contributed by atoms with van der Waals surface area (Å²) in [6.07, 6.45) is -1.64. The summed E-state index contributed by atoms with van der Waals surface area (Å²) < 4.78 is 40.4. The number of nitrogens with zero attached hydrogens (tertiary/aromatic N) is 3. The van der Waals surface area contributed by atoms with Gasteiger partial charge >= 0.3 is 6.36 Å². The average molecular weight is 399 g/mol. The lowest BCUT2D eigenvalue weighted by Crippen LogP contribution is -2.17. The summed E-state index contributed by atoms with van der Waals surface area (Å²) in [7, 11) is 0. The maximum absolute atomic E-state index is 12.4. The Bertz CT molecular complexity index is 1170. The molecule has 0 fully saturated rings. The number of benzene rings is 2. The fourth-order valence-corrected chi connectivity index (χ4v) is 2.66. The molecule has 29 heavy (non-hydrogen) atoms. The number of amides is 1. The molecule has 0 saturated carbocycles. The number of rotatable bonds is 4. The average Bonchev–Trinajstić information content (AvgIpc) is 3.16. The molecule has 0 aliphatic carbocycles. The number of carbonyl (C=O) groups excluding carboxylic acids is 1. The van der Waals surface area contributed by atoms with E-state index in [0.29, 0.717) is 5.69 Å². The minimum atomic E-state index is -4.78. The van der Waals surface area contributed by atoms with Crippen molar-refractivity contribution in [3.63, 3.8) is 0 Å². The standard InChI is InChI=1S/C19H12F3N5O2/c20-19(21,22)29-14-4-2-13(3-5-14)25-18(28)17-23-8-7-15(26-17)11-1-6-16-12(9-11)10-24-27-16/h1-10H,(H,24,27)(H,25,28). The van der Waals surface area contributed by atoms with Crippen LogP contribution in [0.5, 0.6) is 5.75 Å². The molecule has 2 aromatic carbocycles. The number of halogens is 3. The van der Waals surface area contributed by atoms with Crippen molar-refractivity contribution >= 4 is 22.5 Å². The third-order valence-electron chi connectivity index (χ3n) is 3.94. The summed E-state index contributed by atoms with van der Waals surface area (Å²) in [5.74, 6) is -1.06. The highest BCUT2D eigenvalue weighted by molar-refractivity contribution is 6.01. The Morgan fingerprint density at radius 2 is 1.86 bits per heavy atom. The van der Waals surface area contributed by atoms with Gasteiger partial charge in [-0.3, -0.25) is 9.89 Å². The first-order valence-corrected chi connectivity index (χ1v) is 8.31. The second kappa shape index (κ2) is 7.23. The molecule has 0 saturated heterocycles. The predicted molar refractivity (Wildman–Crippen MR) is 98.2 cm³/mol. The minimum absolute atomic E-state index is 0.0783. The van der Waals surface area contributed by atoms with Gasteiger partial charge in [-0.25, -0.2) is 9.97 Å². The van der Waals surface area contributed by atoms with Crippen molar-refractivity contribution in [3.05, 3.63) is 66.7 Å². The highest BCUT2D eigenvalue weighted by atomic mass is 19.4. The molecule has 0 spiro atoms. The van der Waals surface area contributed by atoms with Crippen molar-refractivity contribution in [3.8, 4) is 17.0 Å². The molecule has 0 unspecified atom stereocenters. The van der Waals surface area contributed by atoms with E-state index in [9.17, 15) is 18.0 Å². The lowest BCUT2D eigenvalue weighted by Gasteiger charge is -2.10. The van der Waals surface area contributed by atoms with Crippen LogP contribution in [-0.2, 0) is 0 Å². The molecule has 4 aromatic rings. The van der Waals surface area contributed by atoms with E-state index in [0.717, 1.165) is 28.6 Å². The molecule has 0 aliphatic heterocycles. The number of hydrogen-bond donors (Lipinski definition) is 2. The molecule has 0 atom stereocenters. The van der Waals surface area contributed by atoms with Crippen molar-refractivity contribution in [2.24, 2.45) is 0 Å². The van der Waals surface area contributed by atoms with E-state index in [1.165, 1.54) is 18.3 Å². The highest BCUT2D eigenvalue weighted by Crippen LogP contribution is 2.24. The number of alkyl halides is 3. The molecule has 0 radical (unpaired) electrons. The van der Waals surface area contributed by atoms with Crippen molar-refractivity contribution in [2.45, 2.75) is 6.36 Å².